The summed E-state index contributed by atoms with van der Waals surface area (Å²) in [6, 6.07) is 9.72. The standard InChI is InChI=1S/C13H12OS/c1-9-5-3-6-10(2)12(9)13(14)11-7-4-8-15-11/h3-8H,1-2H3. The SMILES string of the molecule is Cc1cccc(C)c1C(=O)c1cccs1. The second-order valence-electron chi connectivity index (χ2n) is 3.57. The highest BCUT2D eigenvalue weighted by Crippen LogP contribution is 2.20. The zero-order valence-electron chi connectivity index (χ0n) is 8.78. The van der Waals surface area contributed by atoms with Gasteiger partial charge in [-0.15, -0.1) is 11.3 Å². The van der Waals surface area contributed by atoms with E-state index in [4.69, 9.17) is 0 Å². The Labute approximate surface area is 93.4 Å². The van der Waals surface area contributed by atoms with E-state index < -0.39 is 0 Å². The van der Waals surface area contributed by atoms with Gasteiger partial charge in [-0.3, -0.25) is 4.79 Å². The first-order valence-corrected chi connectivity index (χ1v) is 5.72. The molecule has 0 amide bonds. The third-order valence-electron chi connectivity index (χ3n) is 2.45. The molecule has 2 rings (SSSR count). The lowest BCUT2D eigenvalue weighted by Crippen LogP contribution is -2.03. The molecule has 0 bridgehead atoms. The van der Waals surface area contributed by atoms with E-state index in [-0.39, 0.29) is 5.78 Å². The van der Waals surface area contributed by atoms with Crippen molar-refractivity contribution in [1.82, 2.24) is 0 Å². The third kappa shape index (κ3) is 1.85. The van der Waals surface area contributed by atoms with Crippen LogP contribution in [0.5, 0.6) is 0 Å². The monoisotopic (exact) mass is 216 g/mol. The summed E-state index contributed by atoms with van der Waals surface area (Å²) >= 11 is 1.49. The second kappa shape index (κ2) is 3.99. The average Bonchev–Trinajstić information content (AvgIpc) is 2.69. The van der Waals surface area contributed by atoms with Crippen LogP contribution in [0.3, 0.4) is 0 Å². The van der Waals surface area contributed by atoms with E-state index in [1.165, 1.54) is 11.3 Å². The number of thiophene rings is 1. The first-order valence-electron chi connectivity index (χ1n) is 4.84. The van der Waals surface area contributed by atoms with E-state index >= 15 is 0 Å². The summed E-state index contributed by atoms with van der Waals surface area (Å²) in [4.78, 5) is 13.0. The lowest BCUT2D eigenvalue weighted by molar-refractivity contribution is 0.104. The fourth-order valence-corrected chi connectivity index (χ4v) is 2.37. The summed E-state index contributed by atoms with van der Waals surface area (Å²) in [5.74, 6) is 0.139. The van der Waals surface area contributed by atoms with Gasteiger partial charge in [-0.1, -0.05) is 24.3 Å². The summed E-state index contributed by atoms with van der Waals surface area (Å²) in [6.07, 6.45) is 0. The van der Waals surface area contributed by atoms with E-state index in [1.807, 2.05) is 49.6 Å². The average molecular weight is 216 g/mol. The smallest absolute Gasteiger partial charge is 0.203 e. The maximum atomic E-state index is 12.2. The lowest BCUT2D eigenvalue weighted by Gasteiger charge is -2.06. The predicted molar refractivity (Wildman–Crippen MR) is 63.7 cm³/mol. The van der Waals surface area contributed by atoms with E-state index in [0.29, 0.717) is 0 Å². The molecule has 1 nitrogen and oxygen atoms in total. The molecule has 0 saturated heterocycles. The molecule has 1 aromatic carbocycles. The van der Waals surface area contributed by atoms with Gasteiger partial charge in [-0.05, 0) is 36.4 Å². The highest BCUT2D eigenvalue weighted by Gasteiger charge is 2.14. The Kier molecular flexibility index (Phi) is 2.69. The number of hydrogen-bond acceptors (Lipinski definition) is 2. The van der Waals surface area contributed by atoms with Gasteiger partial charge in [0.1, 0.15) is 0 Å². The van der Waals surface area contributed by atoms with Crippen LogP contribution < -0.4 is 0 Å². The fraction of sp³-hybridized carbons (Fsp3) is 0.154. The van der Waals surface area contributed by atoms with Crippen LogP contribution in [0, 0.1) is 13.8 Å². The van der Waals surface area contributed by atoms with Crippen LogP contribution in [0.1, 0.15) is 26.4 Å². The predicted octanol–water partition coefficient (Wildman–Crippen LogP) is 3.60. The van der Waals surface area contributed by atoms with Crippen molar-refractivity contribution in [3.63, 3.8) is 0 Å². The second-order valence-corrected chi connectivity index (χ2v) is 4.52. The first kappa shape index (κ1) is 10.1. The van der Waals surface area contributed by atoms with Gasteiger partial charge in [0.2, 0.25) is 5.78 Å². The topological polar surface area (TPSA) is 17.1 Å². The Morgan fingerprint density at radius 2 is 1.73 bits per heavy atom. The van der Waals surface area contributed by atoms with Gasteiger partial charge in [0.25, 0.3) is 0 Å². The number of rotatable bonds is 2. The third-order valence-corrected chi connectivity index (χ3v) is 3.32. The Morgan fingerprint density at radius 1 is 1.07 bits per heavy atom. The summed E-state index contributed by atoms with van der Waals surface area (Å²) in [5.41, 5.74) is 2.95. The normalized spacial score (nSPS) is 10.3. The number of carbonyl (C=O) groups excluding carboxylic acids is 1. The maximum Gasteiger partial charge on any atom is 0.203 e. The van der Waals surface area contributed by atoms with E-state index in [9.17, 15) is 4.79 Å². The van der Waals surface area contributed by atoms with Crippen LogP contribution in [0.15, 0.2) is 35.7 Å². The van der Waals surface area contributed by atoms with Gasteiger partial charge in [0.05, 0.1) is 4.88 Å². The maximum absolute atomic E-state index is 12.2. The van der Waals surface area contributed by atoms with Crippen molar-refractivity contribution in [2.75, 3.05) is 0 Å². The van der Waals surface area contributed by atoms with Crippen LogP contribution >= 0.6 is 11.3 Å². The van der Waals surface area contributed by atoms with Crippen LogP contribution in [0.4, 0.5) is 0 Å². The van der Waals surface area contributed by atoms with Crippen LogP contribution in [0.25, 0.3) is 0 Å². The van der Waals surface area contributed by atoms with Crippen molar-refractivity contribution < 1.29 is 4.79 Å². The Hall–Kier alpha value is -1.41. The van der Waals surface area contributed by atoms with Crippen molar-refractivity contribution >= 4 is 17.1 Å². The summed E-state index contributed by atoms with van der Waals surface area (Å²) in [6.45, 7) is 3.96. The van der Waals surface area contributed by atoms with Gasteiger partial charge in [-0.25, -0.2) is 0 Å². The molecule has 2 aromatic rings. The molecule has 0 spiro atoms. The molecule has 1 aromatic heterocycles. The molecule has 0 radical (unpaired) electrons. The van der Waals surface area contributed by atoms with Crippen molar-refractivity contribution in [2.24, 2.45) is 0 Å². The van der Waals surface area contributed by atoms with E-state index in [2.05, 4.69) is 0 Å². The first-order chi connectivity index (χ1) is 7.20. The van der Waals surface area contributed by atoms with Crippen LogP contribution in [0.2, 0.25) is 0 Å². The van der Waals surface area contributed by atoms with Gasteiger partial charge < -0.3 is 0 Å². The minimum absolute atomic E-state index is 0.139. The van der Waals surface area contributed by atoms with Crippen molar-refractivity contribution in [2.45, 2.75) is 13.8 Å². The van der Waals surface area contributed by atoms with Crippen molar-refractivity contribution in [1.29, 1.82) is 0 Å². The molecule has 0 unspecified atom stereocenters. The number of aryl methyl sites for hydroxylation is 2. The molecular formula is C13H12OS. The van der Waals surface area contributed by atoms with Gasteiger partial charge in [-0.2, -0.15) is 0 Å². The molecule has 0 aliphatic heterocycles. The number of benzene rings is 1. The van der Waals surface area contributed by atoms with Crippen LogP contribution in [-0.4, -0.2) is 5.78 Å². The highest BCUT2D eigenvalue weighted by molar-refractivity contribution is 7.12. The van der Waals surface area contributed by atoms with E-state index in [1.54, 1.807) is 0 Å². The molecule has 0 atom stereocenters. The Balaban J connectivity index is 2.51. The molecule has 0 aliphatic carbocycles. The fourth-order valence-electron chi connectivity index (χ4n) is 1.70. The Bertz CT molecular complexity index is 463. The quantitative estimate of drug-likeness (QED) is 0.701. The van der Waals surface area contributed by atoms with Crippen molar-refractivity contribution in [3.05, 3.63) is 57.3 Å². The summed E-state index contributed by atoms with van der Waals surface area (Å²) < 4.78 is 0. The Morgan fingerprint density at radius 3 is 2.27 bits per heavy atom. The number of ketones is 1. The van der Waals surface area contributed by atoms with Gasteiger partial charge in [0, 0.05) is 5.56 Å². The molecule has 15 heavy (non-hydrogen) atoms. The van der Waals surface area contributed by atoms with Crippen molar-refractivity contribution in [3.8, 4) is 0 Å². The van der Waals surface area contributed by atoms with Gasteiger partial charge >= 0.3 is 0 Å². The minimum Gasteiger partial charge on any atom is -0.288 e. The lowest BCUT2D eigenvalue weighted by atomic mass is 9.98. The molecule has 1 heterocycles. The van der Waals surface area contributed by atoms with Gasteiger partial charge in [0.15, 0.2) is 0 Å². The zero-order chi connectivity index (χ0) is 10.8. The number of hydrogen-bond donors (Lipinski definition) is 0. The molecule has 2 heteroatoms. The van der Waals surface area contributed by atoms with E-state index in [0.717, 1.165) is 21.6 Å². The molecule has 76 valence electrons. The molecule has 0 fully saturated rings. The summed E-state index contributed by atoms with van der Waals surface area (Å²) in [5, 5.41) is 1.93. The molecule has 0 aliphatic rings. The zero-order valence-corrected chi connectivity index (χ0v) is 9.60. The largest absolute Gasteiger partial charge is 0.288 e. The minimum atomic E-state index is 0.139. The summed E-state index contributed by atoms with van der Waals surface area (Å²) in [7, 11) is 0. The molecule has 0 N–H and O–H groups in total. The number of carbonyl (C=O) groups is 1. The molecule has 0 saturated carbocycles. The van der Waals surface area contributed by atoms with Crippen LogP contribution in [-0.2, 0) is 0 Å². The highest BCUT2D eigenvalue weighted by atomic mass is 32.1. The molecular weight excluding hydrogens is 204 g/mol.